The van der Waals surface area contributed by atoms with Crippen molar-refractivity contribution in [2.75, 3.05) is 12.0 Å². The van der Waals surface area contributed by atoms with Gasteiger partial charge in [-0.1, -0.05) is 25.4 Å². The largest absolute Gasteiger partial charge is 0.363 e. The molecule has 1 aliphatic rings. The highest BCUT2D eigenvalue weighted by molar-refractivity contribution is 6.34. The monoisotopic (exact) mass is 387 g/mol. The summed E-state index contributed by atoms with van der Waals surface area (Å²) in [6.07, 6.45) is 4.04. The molecule has 0 saturated heterocycles. The van der Waals surface area contributed by atoms with Crippen LogP contribution in [0.25, 0.3) is 17.0 Å². The molecular formula is C20H26ClN5O. The zero-order valence-corrected chi connectivity index (χ0v) is 16.8. The van der Waals surface area contributed by atoms with Gasteiger partial charge in [0.05, 0.1) is 11.8 Å². The molecule has 1 aromatic carbocycles. The summed E-state index contributed by atoms with van der Waals surface area (Å²) in [6.45, 7) is 7.05. The number of aromatic nitrogens is 4. The van der Waals surface area contributed by atoms with Crippen LogP contribution in [0.4, 0.5) is 5.69 Å². The number of aromatic amines is 1. The summed E-state index contributed by atoms with van der Waals surface area (Å²) >= 11 is 6.23. The molecular weight excluding hydrogens is 362 g/mol. The minimum atomic E-state index is 0.360. The second-order valence-electron chi connectivity index (χ2n) is 7.72. The van der Waals surface area contributed by atoms with E-state index in [0.29, 0.717) is 35.2 Å². The molecule has 1 saturated carbocycles. The minimum Gasteiger partial charge on any atom is -0.363 e. The number of hydrogen-bond donors (Lipinski definition) is 2. The van der Waals surface area contributed by atoms with E-state index >= 15 is 0 Å². The predicted molar refractivity (Wildman–Crippen MR) is 108 cm³/mol. The van der Waals surface area contributed by atoms with Gasteiger partial charge < -0.3 is 10.1 Å². The summed E-state index contributed by atoms with van der Waals surface area (Å²) in [5, 5.41) is 11.5. The number of halogens is 1. The lowest BCUT2D eigenvalue weighted by Crippen LogP contribution is -2.30. The summed E-state index contributed by atoms with van der Waals surface area (Å²) in [7, 11) is 0. The summed E-state index contributed by atoms with van der Waals surface area (Å²) in [6, 6.07) is 8.05. The zero-order chi connectivity index (χ0) is 19.0. The smallest absolute Gasteiger partial charge is 0.194 e. The molecule has 2 aromatic heterocycles. The van der Waals surface area contributed by atoms with E-state index in [-0.39, 0.29) is 0 Å². The van der Waals surface area contributed by atoms with Gasteiger partial charge in [-0.2, -0.15) is 4.63 Å². The highest BCUT2D eigenvalue weighted by Crippen LogP contribution is 2.30. The number of H-pyrrole nitrogens is 1. The van der Waals surface area contributed by atoms with Crippen molar-refractivity contribution >= 4 is 22.9 Å². The van der Waals surface area contributed by atoms with Crippen LogP contribution in [-0.2, 0) is 4.74 Å². The molecule has 2 unspecified atom stereocenters. The fourth-order valence-electron chi connectivity index (χ4n) is 3.88. The number of rotatable bonds is 5. The lowest BCUT2D eigenvalue weighted by Gasteiger charge is -2.32. The Morgan fingerprint density at radius 3 is 2.74 bits per heavy atom. The standard InChI is InChI=1S/C20H26ClN5O/c1-12-4-9-17(13(2)10-12)27-11-22-16-7-5-15(6-8-16)19-23-20-18(21)14(3)24-26(20)25-19/h5-8,12-13,17,22,24H,4,9-11H2,1-3H3/t12?,13-,17?/m1/s1. The molecule has 2 N–H and O–H groups in total. The average Bonchev–Trinajstić information content (AvgIpc) is 3.17. The van der Waals surface area contributed by atoms with E-state index in [9.17, 15) is 0 Å². The second-order valence-corrected chi connectivity index (χ2v) is 8.10. The van der Waals surface area contributed by atoms with Crippen LogP contribution in [0.15, 0.2) is 24.3 Å². The van der Waals surface area contributed by atoms with E-state index in [1.807, 2.05) is 31.2 Å². The van der Waals surface area contributed by atoms with Crippen molar-refractivity contribution in [3.8, 4) is 11.4 Å². The van der Waals surface area contributed by atoms with Gasteiger partial charge in [-0.3, -0.25) is 5.10 Å². The van der Waals surface area contributed by atoms with Gasteiger partial charge in [0.2, 0.25) is 0 Å². The van der Waals surface area contributed by atoms with E-state index in [1.165, 1.54) is 12.8 Å². The summed E-state index contributed by atoms with van der Waals surface area (Å²) in [5.41, 5.74) is 3.48. The molecule has 0 bridgehead atoms. The Morgan fingerprint density at radius 1 is 1.26 bits per heavy atom. The van der Waals surface area contributed by atoms with E-state index in [2.05, 4.69) is 34.3 Å². The predicted octanol–water partition coefficient (Wildman–Crippen LogP) is 4.90. The molecule has 3 aromatic rings. The average molecular weight is 388 g/mol. The summed E-state index contributed by atoms with van der Waals surface area (Å²) in [5.74, 6) is 2.10. The fraction of sp³-hybridized carbons (Fsp3) is 0.500. The van der Waals surface area contributed by atoms with Gasteiger partial charge in [0.25, 0.3) is 0 Å². The van der Waals surface area contributed by atoms with Crippen LogP contribution < -0.4 is 5.32 Å². The molecule has 27 heavy (non-hydrogen) atoms. The molecule has 7 heteroatoms. The molecule has 3 atom stereocenters. The van der Waals surface area contributed by atoms with Gasteiger partial charge in [0.1, 0.15) is 11.8 Å². The van der Waals surface area contributed by atoms with Gasteiger partial charge in [-0.05, 0) is 62.3 Å². The van der Waals surface area contributed by atoms with Gasteiger partial charge in [0, 0.05) is 11.3 Å². The lowest BCUT2D eigenvalue weighted by molar-refractivity contribution is -0.00608. The lowest BCUT2D eigenvalue weighted by atomic mass is 9.81. The third kappa shape index (κ3) is 3.82. The van der Waals surface area contributed by atoms with E-state index in [4.69, 9.17) is 16.3 Å². The topological polar surface area (TPSA) is 67.2 Å². The van der Waals surface area contributed by atoms with Gasteiger partial charge in [-0.25, -0.2) is 4.98 Å². The Hall–Kier alpha value is -2.05. The van der Waals surface area contributed by atoms with Crippen molar-refractivity contribution in [2.24, 2.45) is 11.8 Å². The first-order valence-corrected chi connectivity index (χ1v) is 9.96. The van der Waals surface area contributed by atoms with Crippen LogP contribution in [0.5, 0.6) is 0 Å². The third-order valence-electron chi connectivity index (χ3n) is 5.48. The van der Waals surface area contributed by atoms with E-state index < -0.39 is 0 Å². The highest BCUT2D eigenvalue weighted by Gasteiger charge is 2.25. The quantitative estimate of drug-likeness (QED) is 0.611. The van der Waals surface area contributed by atoms with E-state index in [1.54, 1.807) is 4.63 Å². The summed E-state index contributed by atoms with van der Waals surface area (Å²) < 4.78 is 7.67. The van der Waals surface area contributed by atoms with E-state index in [0.717, 1.165) is 29.3 Å². The molecule has 144 valence electrons. The molecule has 6 nitrogen and oxygen atoms in total. The van der Waals surface area contributed by atoms with Crippen molar-refractivity contribution in [3.63, 3.8) is 0 Å². The maximum absolute atomic E-state index is 6.23. The molecule has 1 fully saturated rings. The normalized spacial score (nSPS) is 23.0. The zero-order valence-electron chi connectivity index (χ0n) is 16.0. The number of benzene rings is 1. The van der Waals surface area contributed by atoms with Crippen LogP contribution in [0, 0.1) is 18.8 Å². The van der Waals surface area contributed by atoms with Crippen LogP contribution in [-0.4, -0.2) is 32.6 Å². The van der Waals surface area contributed by atoms with Crippen LogP contribution in [0.1, 0.15) is 38.8 Å². The fourth-order valence-corrected chi connectivity index (χ4v) is 4.05. The Bertz CT molecular complexity index is 916. The maximum Gasteiger partial charge on any atom is 0.194 e. The molecule has 4 rings (SSSR count). The first-order valence-electron chi connectivity index (χ1n) is 9.58. The number of fused-ring (bicyclic) bond motifs is 1. The highest BCUT2D eigenvalue weighted by atomic mass is 35.5. The number of hydrogen-bond acceptors (Lipinski definition) is 4. The minimum absolute atomic E-state index is 0.360. The Labute approximate surface area is 164 Å². The Morgan fingerprint density at radius 2 is 2.04 bits per heavy atom. The van der Waals surface area contributed by atoms with Crippen molar-refractivity contribution in [1.29, 1.82) is 0 Å². The number of anilines is 1. The summed E-state index contributed by atoms with van der Waals surface area (Å²) in [4.78, 5) is 4.51. The number of aryl methyl sites for hydroxylation is 1. The number of nitrogens with one attached hydrogen (secondary N) is 2. The van der Waals surface area contributed by atoms with Crippen LogP contribution in [0.2, 0.25) is 5.02 Å². The van der Waals surface area contributed by atoms with Crippen molar-refractivity contribution in [3.05, 3.63) is 35.0 Å². The Balaban J connectivity index is 1.35. The molecule has 1 aliphatic carbocycles. The van der Waals surface area contributed by atoms with Gasteiger partial charge in [0.15, 0.2) is 11.5 Å². The molecule has 2 heterocycles. The number of ether oxygens (including phenoxy) is 1. The third-order valence-corrected chi connectivity index (χ3v) is 5.93. The molecule has 0 spiro atoms. The van der Waals surface area contributed by atoms with Crippen molar-refractivity contribution in [1.82, 2.24) is 19.8 Å². The molecule has 0 aliphatic heterocycles. The van der Waals surface area contributed by atoms with Gasteiger partial charge >= 0.3 is 0 Å². The Kier molecular flexibility index (Phi) is 5.10. The van der Waals surface area contributed by atoms with Gasteiger partial charge in [-0.15, -0.1) is 5.10 Å². The first kappa shape index (κ1) is 18.3. The van der Waals surface area contributed by atoms with Crippen molar-refractivity contribution in [2.45, 2.75) is 46.1 Å². The molecule has 0 amide bonds. The van der Waals surface area contributed by atoms with Crippen LogP contribution in [0.3, 0.4) is 0 Å². The maximum atomic E-state index is 6.23. The second kappa shape index (κ2) is 7.52. The van der Waals surface area contributed by atoms with Crippen LogP contribution >= 0.6 is 11.6 Å². The molecule has 0 radical (unpaired) electrons. The SMILES string of the molecule is Cc1[nH]n2nc(-c3ccc(NCOC4CCC(C)C[C@H]4C)cc3)nc2c1Cl. The number of nitrogens with zero attached hydrogens (tertiary/aromatic N) is 3. The first-order chi connectivity index (χ1) is 13.0. The van der Waals surface area contributed by atoms with Crippen molar-refractivity contribution < 1.29 is 4.74 Å².